The van der Waals surface area contributed by atoms with Crippen molar-refractivity contribution < 1.29 is 9.53 Å². The maximum absolute atomic E-state index is 11.3. The van der Waals surface area contributed by atoms with E-state index in [1.54, 1.807) is 0 Å². The lowest BCUT2D eigenvalue weighted by atomic mass is 9.97. The molecule has 0 saturated heterocycles. The van der Waals surface area contributed by atoms with Crippen molar-refractivity contribution in [3.8, 4) is 0 Å². The molecule has 0 aromatic heterocycles. The summed E-state index contributed by atoms with van der Waals surface area (Å²) in [5, 5.41) is 0. The average molecular weight is 169 g/mol. The lowest BCUT2D eigenvalue weighted by molar-refractivity contribution is -0.145. The molecule has 1 rings (SSSR count). The molecule has 0 bridgehead atoms. The summed E-state index contributed by atoms with van der Waals surface area (Å²) in [5.41, 5.74) is 0.173. The van der Waals surface area contributed by atoms with E-state index in [0.717, 1.165) is 12.8 Å². The minimum absolute atomic E-state index is 0.0406. The summed E-state index contributed by atoms with van der Waals surface area (Å²) in [6, 6.07) is 0. The molecule has 2 heteroatoms. The Hall–Kier alpha value is -0.530. The zero-order valence-electron chi connectivity index (χ0n) is 8.09. The molecule has 0 amide bonds. The fraction of sp³-hybridized carbons (Fsp3) is 0.800. The molecule has 1 radical (unpaired) electrons. The van der Waals surface area contributed by atoms with Gasteiger partial charge in [-0.2, -0.15) is 0 Å². The summed E-state index contributed by atoms with van der Waals surface area (Å²) in [7, 11) is 0. The van der Waals surface area contributed by atoms with E-state index < -0.39 is 0 Å². The normalized spacial score (nSPS) is 25.1. The fourth-order valence-electron chi connectivity index (χ4n) is 1.74. The van der Waals surface area contributed by atoms with Crippen LogP contribution in [0.5, 0.6) is 0 Å². The summed E-state index contributed by atoms with van der Waals surface area (Å²) >= 11 is 0. The van der Waals surface area contributed by atoms with Crippen molar-refractivity contribution in [3.63, 3.8) is 0 Å². The molecule has 1 saturated carbocycles. The van der Waals surface area contributed by atoms with E-state index in [9.17, 15) is 4.79 Å². The van der Waals surface area contributed by atoms with E-state index in [4.69, 9.17) is 4.74 Å². The highest BCUT2D eigenvalue weighted by molar-refractivity contribution is 5.80. The Morgan fingerprint density at radius 2 is 2.00 bits per heavy atom. The largest absolute Gasteiger partial charge is 0.466 e. The first-order valence-electron chi connectivity index (χ1n) is 4.72. The maximum Gasteiger partial charge on any atom is 0.309 e. The van der Waals surface area contributed by atoms with Crippen molar-refractivity contribution in [2.45, 2.75) is 33.6 Å². The van der Waals surface area contributed by atoms with E-state index in [1.807, 2.05) is 6.92 Å². The highest BCUT2D eigenvalue weighted by atomic mass is 16.5. The van der Waals surface area contributed by atoms with Gasteiger partial charge in [0.25, 0.3) is 0 Å². The molecular weight excluding hydrogens is 152 g/mol. The van der Waals surface area contributed by atoms with Gasteiger partial charge < -0.3 is 4.74 Å². The topological polar surface area (TPSA) is 26.3 Å². The van der Waals surface area contributed by atoms with Crippen LogP contribution in [0.25, 0.3) is 0 Å². The second-order valence-corrected chi connectivity index (χ2v) is 3.34. The van der Waals surface area contributed by atoms with Crippen molar-refractivity contribution in [2.24, 2.45) is 11.3 Å². The molecule has 0 aromatic carbocycles. The van der Waals surface area contributed by atoms with Crippen molar-refractivity contribution >= 4 is 5.97 Å². The van der Waals surface area contributed by atoms with E-state index in [-0.39, 0.29) is 17.3 Å². The molecular formula is C10H17O2. The third-order valence-corrected chi connectivity index (χ3v) is 2.87. The first kappa shape index (κ1) is 9.56. The van der Waals surface area contributed by atoms with Gasteiger partial charge >= 0.3 is 5.97 Å². The predicted molar refractivity (Wildman–Crippen MR) is 47.4 cm³/mol. The number of hydrogen-bond donors (Lipinski definition) is 0. The molecule has 12 heavy (non-hydrogen) atoms. The molecule has 1 aliphatic rings. The van der Waals surface area contributed by atoms with Gasteiger partial charge in [0, 0.05) is 0 Å². The lowest BCUT2D eigenvalue weighted by Gasteiger charge is -2.10. The van der Waals surface area contributed by atoms with E-state index in [2.05, 4.69) is 20.3 Å². The third kappa shape index (κ3) is 1.47. The van der Waals surface area contributed by atoms with Gasteiger partial charge in [-0.25, -0.2) is 0 Å². The molecule has 0 spiro atoms. The Bertz CT molecular complexity index is 171. The summed E-state index contributed by atoms with van der Waals surface area (Å²) < 4.78 is 4.95. The number of carbonyl (C=O) groups is 1. The second-order valence-electron chi connectivity index (χ2n) is 3.34. The van der Waals surface area contributed by atoms with Crippen LogP contribution in [0.4, 0.5) is 0 Å². The summed E-state index contributed by atoms with van der Waals surface area (Å²) in [5.74, 6) is 0.0358. The molecule has 0 N–H and O–H groups in total. The highest BCUT2D eigenvalue weighted by Crippen LogP contribution is 2.56. The number of carbonyl (C=O) groups excluding carboxylic acids is 1. The Balaban J connectivity index is 2.43. The van der Waals surface area contributed by atoms with Gasteiger partial charge in [0.15, 0.2) is 0 Å². The van der Waals surface area contributed by atoms with Crippen molar-refractivity contribution in [1.82, 2.24) is 0 Å². The third-order valence-electron chi connectivity index (χ3n) is 2.87. The molecule has 1 fully saturated rings. The molecule has 2 nitrogen and oxygen atoms in total. The van der Waals surface area contributed by atoms with Crippen molar-refractivity contribution in [3.05, 3.63) is 6.42 Å². The zero-order valence-corrected chi connectivity index (χ0v) is 8.09. The average Bonchev–Trinajstić information content (AvgIpc) is 2.80. The van der Waals surface area contributed by atoms with Crippen LogP contribution in [0.2, 0.25) is 0 Å². The number of ether oxygens (including phenoxy) is 1. The summed E-state index contributed by atoms with van der Waals surface area (Å²) in [6.45, 7) is 6.59. The highest BCUT2D eigenvalue weighted by Gasteiger charge is 2.56. The molecule has 1 aliphatic carbocycles. The quantitative estimate of drug-likeness (QED) is 0.603. The number of rotatable bonds is 4. The number of esters is 1. The van der Waals surface area contributed by atoms with Crippen molar-refractivity contribution in [2.75, 3.05) is 6.61 Å². The Morgan fingerprint density at radius 3 is 2.33 bits per heavy atom. The second kappa shape index (κ2) is 3.46. The van der Waals surface area contributed by atoms with Gasteiger partial charge in [-0.05, 0) is 31.6 Å². The maximum atomic E-state index is 11.3. The SMILES string of the molecule is CCOC(=O)C1[CH]C1(CC)CC. The van der Waals surface area contributed by atoms with Crippen LogP contribution in [-0.2, 0) is 9.53 Å². The summed E-state index contributed by atoms with van der Waals surface area (Å²) in [4.78, 5) is 11.3. The minimum atomic E-state index is -0.0406. The number of hydrogen-bond acceptors (Lipinski definition) is 2. The smallest absolute Gasteiger partial charge is 0.309 e. The van der Waals surface area contributed by atoms with E-state index >= 15 is 0 Å². The monoisotopic (exact) mass is 169 g/mol. The Morgan fingerprint density at radius 1 is 1.42 bits per heavy atom. The predicted octanol–water partition coefficient (Wildman–Crippen LogP) is 2.19. The minimum Gasteiger partial charge on any atom is -0.466 e. The van der Waals surface area contributed by atoms with Crippen molar-refractivity contribution in [1.29, 1.82) is 0 Å². The van der Waals surface area contributed by atoms with Gasteiger partial charge in [0.05, 0.1) is 12.5 Å². The zero-order chi connectivity index (χ0) is 9.19. The molecule has 0 aromatic rings. The van der Waals surface area contributed by atoms with Crippen LogP contribution in [0, 0.1) is 17.8 Å². The van der Waals surface area contributed by atoms with Crippen LogP contribution in [0.1, 0.15) is 33.6 Å². The van der Waals surface area contributed by atoms with Crippen LogP contribution in [0.3, 0.4) is 0 Å². The van der Waals surface area contributed by atoms with Crippen LogP contribution >= 0.6 is 0 Å². The molecule has 0 heterocycles. The Labute approximate surface area is 74.3 Å². The van der Waals surface area contributed by atoms with Gasteiger partial charge in [-0.15, -0.1) is 0 Å². The molecule has 0 aliphatic heterocycles. The molecule has 1 unspecified atom stereocenters. The fourth-order valence-corrected chi connectivity index (χ4v) is 1.74. The van der Waals surface area contributed by atoms with Gasteiger partial charge in [-0.1, -0.05) is 13.8 Å². The first-order valence-corrected chi connectivity index (χ1v) is 4.72. The van der Waals surface area contributed by atoms with E-state index in [1.165, 1.54) is 0 Å². The van der Waals surface area contributed by atoms with Crippen LogP contribution < -0.4 is 0 Å². The lowest BCUT2D eigenvalue weighted by Crippen LogP contribution is -2.12. The van der Waals surface area contributed by atoms with Crippen LogP contribution in [-0.4, -0.2) is 12.6 Å². The van der Waals surface area contributed by atoms with E-state index in [0.29, 0.717) is 6.61 Å². The molecule has 1 atom stereocenters. The summed E-state index contributed by atoms with van der Waals surface area (Å²) in [6.07, 6.45) is 4.21. The van der Waals surface area contributed by atoms with Gasteiger partial charge in [-0.3, -0.25) is 4.79 Å². The standard InChI is InChI=1S/C10H17O2/c1-4-10(5-2)7-8(10)9(11)12-6-3/h7-8H,4-6H2,1-3H3. The molecule has 69 valence electrons. The van der Waals surface area contributed by atoms with Crippen LogP contribution in [0.15, 0.2) is 0 Å². The van der Waals surface area contributed by atoms with Gasteiger partial charge in [0.1, 0.15) is 0 Å². The Kier molecular flexibility index (Phi) is 2.76. The van der Waals surface area contributed by atoms with Gasteiger partial charge in [0.2, 0.25) is 0 Å². The first-order chi connectivity index (χ1) is 5.70.